The molecular weight excluding hydrogens is 552 g/mol. The first kappa shape index (κ1) is 27.9. The fraction of sp³-hybridized carbons (Fsp3) is 0.571. The van der Waals surface area contributed by atoms with E-state index in [0.29, 0.717) is 47.6 Å². The maximum absolute atomic E-state index is 10.1. The van der Waals surface area contributed by atoms with Crippen LogP contribution < -0.4 is 9.64 Å². The lowest BCUT2D eigenvalue weighted by molar-refractivity contribution is 0.00339. The van der Waals surface area contributed by atoms with Crippen molar-refractivity contribution in [2.24, 2.45) is 0 Å². The molecule has 0 amide bonds. The molecule has 0 spiro atoms. The molecule has 216 valence electrons. The highest BCUT2D eigenvalue weighted by atomic mass is 35.5. The van der Waals surface area contributed by atoms with E-state index in [1.165, 1.54) is 0 Å². The van der Waals surface area contributed by atoms with Crippen molar-refractivity contribution in [2.75, 3.05) is 37.8 Å². The topological polar surface area (TPSA) is 111 Å². The number of aliphatic hydroxyl groups is 2. The minimum atomic E-state index is -1.25. The largest absolute Gasteiger partial charge is 0.456 e. The molecule has 0 aliphatic carbocycles. The van der Waals surface area contributed by atoms with Gasteiger partial charge in [0, 0.05) is 39.0 Å². The van der Waals surface area contributed by atoms with E-state index in [1.807, 2.05) is 34.9 Å². The van der Waals surface area contributed by atoms with E-state index < -0.39 is 26.4 Å². The summed E-state index contributed by atoms with van der Waals surface area (Å²) in [5, 5.41) is 20.5. The van der Waals surface area contributed by atoms with Gasteiger partial charge in [-0.05, 0) is 30.7 Å². The van der Waals surface area contributed by atoms with Crippen LogP contribution in [-0.2, 0) is 20.9 Å². The first-order valence-corrected chi connectivity index (χ1v) is 18.0. The molecular formula is C28H37ClN4O6Si. The molecule has 1 aromatic carbocycles. The van der Waals surface area contributed by atoms with Gasteiger partial charge in [-0.15, -0.1) is 0 Å². The smallest absolute Gasteiger partial charge is 0.301 e. The van der Waals surface area contributed by atoms with Crippen molar-refractivity contribution in [1.29, 1.82) is 0 Å². The molecule has 3 aliphatic heterocycles. The second-order valence-corrected chi connectivity index (χ2v) is 18.1. The Labute approximate surface area is 239 Å². The molecule has 0 radical (unpaired) electrons. The van der Waals surface area contributed by atoms with Gasteiger partial charge in [-0.1, -0.05) is 43.4 Å². The highest BCUT2D eigenvalue weighted by molar-refractivity contribution is 6.76. The molecule has 2 aromatic heterocycles. The van der Waals surface area contributed by atoms with Crippen LogP contribution in [0.5, 0.6) is 6.01 Å². The number of halogens is 1. The number of anilines is 1. The number of hydrogen-bond donors (Lipinski definition) is 2. The van der Waals surface area contributed by atoms with Crippen LogP contribution in [0.2, 0.25) is 30.7 Å². The second-order valence-electron chi connectivity index (χ2n) is 12.1. The zero-order valence-corrected chi connectivity index (χ0v) is 24.9. The van der Waals surface area contributed by atoms with Gasteiger partial charge in [0.1, 0.15) is 25.0 Å². The van der Waals surface area contributed by atoms with E-state index in [-0.39, 0.29) is 25.5 Å². The van der Waals surface area contributed by atoms with Gasteiger partial charge < -0.3 is 34.1 Å². The minimum absolute atomic E-state index is 0.225. The van der Waals surface area contributed by atoms with Crippen molar-refractivity contribution >= 4 is 36.5 Å². The monoisotopic (exact) mass is 588 g/mol. The molecule has 3 aliphatic rings. The van der Waals surface area contributed by atoms with Gasteiger partial charge in [-0.25, -0.2) is 4.98 Å². The molecule has 5 heterocycles. The first-order valence-electron chi connectivity index (χ1n) is 13.9. The third kappa shape index (κ3) is 5.74. The van der Waals surface area contributed by atoms with Gasteiger partial charge in [0.2, 0.25) is 0 Å². The predicted octanol–water partition coefficient (Wildman–Crippen LogP) is 3.54. The van der Waals surface area contributed by atoms with E-state index in [9.17, 15) is 10.2 Å². The van der Waals surface area contributed by atoms with E-state index in [2.05, 4.69) is 24.5 Å². The molecule has 10 nitrogen and oxygen atoms in total. The molecule has 3 fully saturated rings. The van der Waals surface area contributed by atoms with Gasteiger partial charge in [-0.2, -0.15) is 4.98 Å². The van der Waals surface area contributed by atoms with Gasteiger partial charge in [0.15, 0.2) is 11.8 Å². The van der Waals surface area contributed by atoms with Crippen LogP contribution in [0.1, 0.15) is 6.42 Å². The third-order valence-electron chi connectivity index (χ3n) is 7.78. The Morgan fingerprint density at radius 3 is 2.58 bits per heavy atom. The Balaban J connectivity index is 1.28. The Morgan fingerprint density at radius 2 is 1.85 bits per heavy atom. The Bertz CT molecular complexity index is 1350. The van der Waals surface area contributed by atoms with Crippen LogP contribution in [0, 0.1) is 0 Å². The highest BCUT2D eigenvalue weighted by Crippen LogP contribution is 2.35. The van der Waals surface area contributed by atoms with Crippen molar-refractivity contribution < 1.29 is 29.2 Å². The molecule has 3 saturated heterocycles. The van der Waals surface area contributed by atoms with Crippen molar-refractivity contribution in [3.63, 3.8) is 0 Å². The van der Waals surface area contributed by atoms with Crippen LogP contribution in [0.15, 0.2) is 30.3 Å². The van der Waals surface area contributed by atoms with E-state index in [0.717, 1.165) is 30.3 Å². The molecule has 5 atom stereocenters. The lowest BCUT2D eigenvalue weighted by Gasteiger charge is -2.19. The average molecular weight is 589 g/mol. The number of imidazole rings is 1. The second kappa shape index (κ2) is 11.2. The third-order valence-corrected chi connectivity index (χ3v) is 9.78. The Hall–Kier alpha value is -2.25. The molecule has 0 unspecified atom stereocenters. The summed E-state index contributed by atoms with van der Waals surface area (Å²) in [4.78, 5) is 11.8. The molecule has 40 heavy (non-hydrogen) atoms. The summed E-state index contributed by atoms with van der Waals surface area (Å²) >= 11 is 6.79. The molecule has 12 heteroatoms. The Kier molecular flexibility index (Phi) is 7.81. The Morgan fingerprint density at radius 1 is 1.07 bits per heavy atom. The molecule has 2 N–H and O–H groups in total. The number of rotatable bonds is 9. The maximum atomic E-state index is 10.1. The number of pyridine rings is 1. The van der Waals surface area contributed by atoms with Gasteiger partial charge in [0.05, 0.1) is 35.6 Å². The van der Waals surface area contributed by atoms with Gasteiger partial charge in [-0.3, -0.25) is 4.57 Å². The summed E-state index contributed by atoms with van der Waals surface area (Å²) in [7, 11) is -1.25. The molecule has 6 rings (SSSR count). The average Bonchev–Trinajstić information content (AvgIpc) is 3.68. The summed E-state index contributed by atoms with van der Waals surface area (Å²) < 4.78 is 25.8. The van der Waals surface area contributed by atoms with Crippen LogP contribution >= 0.6 is 11.6 Å². The number of β-amino-alcohol motifs (C(OH)–C–C–N with tert-alkyl or cyclic N) is 1. The number of hydrogen-bond acceptors (Lipinski definition) is 9. The number of aromatic nitrogens is 3. The van der Waals surface area contributed by atoms with Crippen molar-refractivity contribution in [3.05, 3.63) is 35.4 Å². The fourth-order valence-corrected chi connectivity index (χ4v) is 6.45. The summed E-state index contributed by atoms with van der Waals surface area (Å²) in [5.41, 5.74) is 3.77. The minimum Gasteiger partial charge on any atom is -0.456 e. The fourth-order valence-electron chi connectivity index (χ4n) is 5.44. The number of ether oxygens (including phenoxy) is 4. The standard InChI is InChI=1S/C28H37ClN4O6Si/c1-40(2,3)11-10-36-16-33-21-12-20(29)24(17-4-6-18(7-5-17)32-9-8-19(34)13-32)30-27(21)31-28(33)39-23-15-38-25-22(35)14-37-26(23)25/h4-7,12,19,22-23,25-26,34-35H,8-11,13-16H2,1-3H3/t19-,22+,23+,25+,26+/m0/s1. The normalized spacial score (nSPS) is 26.6. The number of nitrogens with zero attached hydrogens (tertiary/aromatic N) is 4. The van der Waals surface area contributed by atoms with E-state index in [4.69, 9.17) is 40.5 Å². The summed E-state index contributed by atoms with van der Waals surface area (Å²) in [5.74, 6) is 0. The lowest BCUT2D eigenvalue weighted by Crippen LogP contribution is -2.35. The quantitative estimate of drug-likeness (QED) is 0.286. The van der Waals surface area contributed by atoms with E-state index >= 15 is 0 Å². The highest BCUT2D eigenvalue weighted by Gasteiger charge is 2.49. The van der Waals surface area contributed by atoms with Crippen LogP contribution in [-0.4, -0.2) is 96.3 Å². The van der Waals surface area contributed by atoms with Crippen LogP contribution in [0.4, 0.5) is 5.69 Å². The first-order chi connectivity index (χ1) is 19.2. The van der Waals surface area contributed by atoms with Gasteiger partial charge >= 0.3 is 6.01 Å². The molecule has 3 aromatic rings. The summed E-state index contributed by atoms with van der Waals surface area (Å²) in [6.07, 6.45) is -1.34. The summed E-state index contributed by atoms with van der Waals surface area (Å²) in [6.45, 7) is 9.83. The molecule has 0 saturated carbocycles. The van der Waals surface area contributed by atoms with Gasteiger partial charge in [0.25, 0.3) is 0 Å². The number of aliphatic hydroxyl groups excluding tert-OH is 2. The number of benzene rings is 1. The van der Waals surface area contributed by atoms with E-state index in [1.54, 1.807) is 0 Å². The van der Waals surface area contributed by atoms with Crippen molar-refractivity contribution in [3.8, 4) is 17.3 Å². The lowest BCUT2D eigenvalue weighted by atomic mass is 10.1. The van der Waals surface area contributed by atoms with Crippen LogP contribution in [0.3, 0.4) is 0 Å². The molecule has 0 bridgehead atoms. The zero-order chi connectivity index (χ0) is 28.0. The van der Waals surface area contributed by atoms with Crippen molar-refractivity contribution in [2.45, 2.75) is 69.4 Å². The van der Waals surface area contributed by atoms with Crippen LogP contribution in [0.25, 0.3) is 22.4 Å². The predicted molar refractivity (Wildman–Crippen MR) is 155 cm³/mol. The maximum Gasteiger partial charge on any atom is 0.301 e. The van der Waals surface area contributed by atoms with Crippen molar-refractivity contribution in [1.82, 2.24) is 14.5 Å². The number of fused-ring (bicyclic) bond motifs is 2. The summed E-state index contributed by atoms with van der Waals surface area (Å²) in [6, 6.07) is 11.3. The SMILES string of the molecule is C[Si](C)(C)CCOCn1c(O[C@@H]2CO[C@H]3[C@@H]2OC[C@H]3O)nc2nc(-c3ccc(N4CC[C@H](O)C4)cc3)c(Cl)cc21. The zero-order valence-electron chi connectivity index (χ0n) is 23.1.